The molecule has 0 radical (unpaired) electrons. The number of rotatable bonds is 2. The fourth-order valence-electron chi connectivity index (χ4n) is 3.09. The maximum atomic E-state index is 2.47. The highest BCUT2D eigenvalue weighted by atomic mass is 14.2. The molecule has 1 atom stereocenters. The predicted octanol–water partition coefficient (Wildman–Crippen LogP) is 5.74. The molecule has 1 unspecified atom stereocenters. The molecule has 0 nitrogen and oxygen atoms in total. The number of benzene rings is 2. The molecule has 98 valence electrons. The van der Waals surface area contributed by atoms with Gasteiger partial charge in [0.25, 0.3) is 0 Å². The van der Waals surface area contributed by atoms with E-state index in [4.69, 9.17) is 0 Å². The van der Waals surface area contributed by atoms with Gasteiger partial charge in [0, 0.05) is 0 Å². The van der Waals surface area contributed by atoms with E-state index in [0.717, 1.165) is 5.92 Å². The molecule has 0 N–H and O–H groups in total. The van der Waals surface area contributed by atoms with E-state index in [-0.39, 0.29) is 0 Å². The third-order valence-corrected chi connectivity index (χ3v) is 4.46. The first-order chi connectivity index (χ1) is 9.26. The summed E-state index contributed by atoms with van der Waals surface area (Å²) in [5.74, 6) is 0.909. The first kappa shape index (κ1) is 12.5. The molecule has 2 aromatic rings. The van der Waals surface area contributed by atoms with Gasteiger partial charge in [-0.05, 0) is 60.1 Å². The molecule has 2 aromatic carbocycles. The molecule has 0 spiro atoms. The van der Waals surface area contributed by atoms with Crippen LogP contribution in [0, 0.1) is 12.8 Å². The first-order valence-electron chi connectivity index (χ1n) is 7.46. The highest BCUT2D eigenvalue weighted by molar-refractivity contribution is 5.87. The first-order valence-corrected chi connectivity index (χ1v) is 7.46. The van der Waals surface area contributed by atoms with Crippen LogP contribution in [0.5, 0.6) is 0 Å². The second-order valence-electron chi connectivity index (χ2n) is 5.84. The van der Waals surface area contributed by atoms with E-state index in [2.05, 4.69) is 56.3 Å². The Bertz CT molecular complexity index is 619. The molecule has 0 bridgehead atoms. The Hall–Kier alpha value is -1.56. The van der Waals surface area contributed by atoms with Gasteiger partial charge >= 0.3 is 0 Å². The SMILES string of the molecule is CCC1CC=C(c2ccc3cc(C)ccc3c2)CC1. The fraction of sp³-hybridized carbons (Fsp3) is 0.368. The van der Waals surface area contributed by atoms with E-state index < -0.39 is 0 Å². The molecule has 0 aliphatic heterocycles. The van der Waals surface area contributed by atoms with E-state index in [1.54, 1.807) is 5.57 Å². The van der Waals surface area contributed by atoms with Crippen molar-refractivity contribution in [3.63, 3.8) is 0 Å². The zero-order valence-corrected chi connectivity index (χ0v) is 11.9. The van der Waals surface area contributed by atoms with Crippen molar-refractivity contribution in [2.75, 3.05) is 0 Å². The lowest BCUT2D eigenvalue weighted by Gasteiger charge is -2.21. The Kier molecular flexibility index (Phi) is 3.42. The van der Waals surface area contributed by atoms with Crippen molar-refractivity contribution in [1.82, 2.24) is 0 Å². The summed E-state index contributed by atoms with van der Waals surface area (Å²) in [6, 6.07) is 13.6. The third-order valence-electron chi connectivity index (χ3n) is 4.46. The topological polar surface area (TPSA) is 0 Å². The molecule has 1 aliphatic carbocycles. The van der Waals surface area contributed by atoms with Gasteiger partial charge in [-0.3, -0.25) is 0 Å². The molecule has 0 aromatic heterocycles. The molecule has 0 amide bonds. The molecule has 0 saturated carbocycles. The van der Waals surface area contributed by atoms with Crippen molar-refractivity contribution in [2.24, 2.45) is 5.92 Å². The fourth-order valence-corrected chi connectivity index (χ4v) is 3.09. The average molecular weight is 250 g/mol. The van der Waals surface area contributed by atoms with E-state index >= 15 is 0 Å². The molecule has 1 aliphatic rings. The van der Waals surface area contributed by atoms with Crippen molar-refractivity contribution in [3.05, 3.63) is 53.6 Å². The Morgan fingerprint density at radius 3 is 2.58 bits per heavy atom. The monoisotopic (exact) mass is 250 g/mol. The number of allylic oxidation sites excluding steroid dienone is 2. The number of hydrogen-bond donors (Lipinski definition) is 0. The molecular formula is C19H22. The summed E-state index contributed by atoms with van der Waals surface area (Å²) in [5, 5.41) is 2.72. The van der Waals surface area contributed by atoms with Gasteiger partial charge < -0.3 is 0 Å². The van der Waals surface area contributed by atoms with E-state index in [9.17, 15) is 0 Å². The van der Waals surface area contributed by atoms with Crippen LogP contribution in [-0.4, -0.2) is 0 Å². The zero-order valence-electron chi connectivity index (χ0n) is 11.9. The van der Waals surface area contributed by atoms with Crippen LogP contribution in [0.4, 0.5) is 0 Å². The van der Waals surface area contributed by atoms with Crippen LogP contribution in [0.2, 0.25) is 0 Å². The van der Waals surface area contributed by atoms with Crippen LogP contribution in [0.3, 0.4) is 0 Å². The van der Waals surface area contributed by atoms with Crippen molar-refractivity contribution in [1.29, 1.82) is 0 Å². The van der Waals surface area contributed by atoms with E-state index in [1.165, 1.54) is 47.6 Å². The van der Waals surface area contributed by atoms with Gasteiger partial charge in [0.2, 0.25) is 0 Å². The van der Waals surface area contributed by atoms with Crippen LogP contribution in [0.1, 0.15) is 43.7 Å². The summed E-state index contributed by atoms with van der Waals surface area (Å²) < 4.78 is 0. The summed E-state index contributed by atoms with van der Waals surface area (Å²) in [7, 11) is 0. The Morgan fingerprint density at radius 2 is 1.84 bits per heavy atom. The van der Waals surface area contributed by atoms with Gasteiger partial charge in [0.05, 0.1) is 0 Å². The lowest BCUT2D eigenvalue weighted by atomic mass is 9.85. The predicted molar refractivity (Wildman–Crippen MR) is 84.3 cm³/mol. The number of aryl methyl sites for hydroxylation is 1. The maximum absolute atomic E-state index is 2.47. The van der Waals surface area contributed by atoms with Crippen LogP contribution < -0.4 is 0 Å². The highest BCUT2D eigenvalue weighted by Crippen LogP contribution is 2.32. The minimum absolute atomic E-state index is 0.909. The van der Waals surface area contributed by atoms with Crippen LogP contribution in [-0.2, 0) is 0 Å². The smallest absolute Gasteiger partial charge is 0.0178 e. The number of hydrogen-bond acceptors (Lipinski definition) is 0. The Morgan fingerprint density at radius 1 is 1.05 bits per heavy atom. The van der Waals surface area contributed by atoms with Gasteiger partial charge in [-0.25, -0.2) is 0 Å². The van der Waals surface area contributed by atoms with Crippen molar-refractivity contribution in [2.45, 2.75) is 39.5 Å². The summed E-state index contributed by atoms with van der Waals surface area (Å²) in [6.07, 6.45) is 7.65. The third kappa shape index (κ3) is 2.58. The average Bonchev–Trinajstić information content (AvgIpc) is 2.47. The van der Waals surface area contributed by atoms with Crippen LogP contribution >= 0.6 is 0 Å². The normalized spacial score (nSPS) is 19.5. The molecule has 0 heterocycles. The van der Waals surface area contributed by atoms with Crippen LogP contribution in [0.15, 0.2) is 42.5 Å². The highest BCUT2D eigenvalue weighted by Gasteiger charge is 2.13. The lowest BCUT2D eigenvalue weighted by molar-refractivity contribution is 0.471. The molecule has 0 fully saturated rings. The molecular weight excluding hydrogens is 228 g/mol. The van der Waals surface area contributed by atoms with Crippen molar-refractivity contribution in [3.8, 4) is 0 Å². The van der Waals surface area contributed by atoms with Crippen LogP contribution in [0.25, 0.3) is 16.3 Å². The quantitative estimate of drug-likeness (QED) is 0.637. The second-order valence-corrected chi connectivity index (χ2v) is 5.84. The largest absolute Gasteiger partial charge is 0.0804 e. The molecule has 3 rings (SSSR count). The maximum Gasteiger partial charge on any atom is -0.0178 e. The van der Waals surface area contributed by atoms with Gasteiger partial charge in [-0.1, -0.05) is 55.3 Å². The van der Waals surface area contributed by atoms with Gasteiger partial charge in [-0.2, -0.15) is 0 Å². The summed E-state index contributed by atoms with van der Waals surface area (Å²) >= 11 is 0. The standard InChI is InChI=1S/C19H22/c1-3-15-5-8-16(9-6-15)18-11-10-17-12-14(2)4-7-19(17)13-18/h4,7-8,10-13,15H,3,5-6,9H2,1-2H3. The van der Waals surface area contributed by atoms with Gasteiger partial charge in [-0.15, -0.1) is 0 Å². The van der Waals surface area contributed by atoms with Crippen molar-refractivity contribution < 1.29 is 0 Å². The van der Waals surface area contributed by atoms with Gasteiger partial charge in [0.15, 0.2) is 0 Å². The zero-order chi connectivity index (χ0) is 13.2. The molecule has 0 saturated heterocycles. The van der Waals surface area contributed by atoms with Crippen molar-refractivity contribution >= 4 is 16.3 Å². The minimum Gasteiger partial charge on any atom is -0.0804 e. The second kappa shape index (κ2) is 5.21. The van der Waals surface area contributed by atoms with E-state index in [0.29, 0.717) is 0 Å². The van der Waals surface area contributed by atoms with E-state index in [1.807, 2.05) is 0 Å². The summed E-state index contributed by atoms with van der Waals surface area (Å²) in [4.78, 5) is 0. The molecule has 19 heavy (non-hydrogen) atoms. The Balaban J connectivity index is 1.93. The minimum atomic E-state index is 0.909. The Labute approximate surface area is 116 Å². The number of fused-ring (bicyclic) bond motifs is 1. The summed E-state index contributed by atoms with van der Waals surface area (Å²) in [6.45, 7) is 4.46. The summed E-state index contributed by atoms with van der Waals surface area (Å²) in [5.41, 5.74) is 4.31. The van der Waals surface area contributed by atoms with Gasteiger partial charge in [0.1, 0.15) is 0 Å². The molecule has 0 heteroatoms. The lowest BCUT2D eigenvalue weighted by Crippen LogP contribution is -2.03.